The summed E-state index contributed by atoms with van der Waals surface area (Å²) < 4.78 is 26.8. The van der Waals surface area contributed by atoms with Crippen LogP contribution in [0.2, 0.25) is 5.15 Å². The van der Waals surface area contributed by atoms with Crippen LogP contribution in [0.4, 0.5) is 5.69 Å². The highest BCUT2D eigenvalue weighted by molar-refractivity contribution is 7.91. The van der Waals surface area contributed by atoms with Crippen molar-refractivity contribution >= 4 is 27.3 Å². The number of nitrogens with one attached hydrogen (secondary N) is 1. The number of hydrogen-bond donors (Lipinski definition) is 1. The van der Waals surface area contributed by atoms with E-state index in [1.54, 1.807) is 43.5 Å². The Kier molecular flexibility index (Phi) is 4.46. The lowest BCUT2D eigenvalue weighted by atomic mass is 10.1. The molecule has 0 unspecified atom stereocenters. The molecule has 0 aliphatic rings. The predicted molar refractivity (Wildman–Crippen MR) is 81.4 cm³/mol. The van der Waals surface area contributed by atoms with E-state index in [0.29, 0.717) is 11.1 Å². The van der Waals surface area contributed by atoms with Crippen LogP contribution >= 0.6 is 11.6 Å². The molecule has 7 heteroatoms. The lowest BCUT2D eigenvalue weighted by Gasteiger charge is -2.10. The average Bonchev–Trinajstić information content (AvgIpc) is 2.43. The molecule has 0 amide bonds. The lowest BCUT2D eigenvalue weighted by Crippen LogP contribution is -2.16. The smallest absolute Gasteiger partial charge is 0.237 e. The summed E-state index contributed by atoms with van der Waals surface area (Å²) in [7, 11) is -3.69. The number of anilines is 1. The van der Waals surface area contributed by atoms with Crippen LogP contribution in [0.3, 0.4) is 0 Å². The first kappa shape index (κ1) is 15.3. The summed E-state index contributed by atoms with van der Waals surface area (Å²) in [6.07, 6.45) is 1.55. The van der Waals surface area contributed by atoms with E-state index in [4.69, 9.17) is 16.9 Å². The second kappa shape index (κ2) is 6.12. The Morgan fingerprint density at radius 2 is 2.10 bits per heavy atom. The minimum Gasteiger partial charge on any atom is -0.280 e. The molecule has 0 fully saturated rings. The number of nitriles is 1. The van der Waals surface area contributed by atoms with Crippen molar-refractivity contribution in [2.75, 3.05) is 4.72 Å². The highest BCUT2D eigenvalue weighted by Gasteiger charge is 2.16. The van der Waals surface area contributed by atoms with Crippen LogP contribution < -0.4 is 4.72 Å². The van der Waals surface area contributed by atoms with Gasteiger partial charge in [0.1, 0.15) is 0 Å². The maximum atomic E-state index is 12.2. The topological polar surface area (TPSA) is 82.8 Å². The van der Waals surface area contributed by atoms with Gasteiger partial charge in [0.2, 0.25) is 10.0 Å². The van der Waals surface area contributed by atoms with Crippen LogP contribution in [0.1, 0.15) is 16.7 Å². The molecule has 0 bridgehead atoms. The Morgan fingerprint density at radius 1 is 1.38 bits per heavy atom. The number of aryl methyl sites for hydroxylation is 1. The van der Waals surface area contributed by atoms with E-state index in [0.717, 1.165) is 5.56 Å². The number of aromatic nitrogens is 1. The summed E-state index contributed by atoms with van der Waals surface area (Å²) in [5, 5.41) is 9.07. The van der Waals surface area contributed by atoms with E-state index in [2.05, 4.69) is 9.71 Å². The van der Waals surface area contributed by atoms with Gasteiger partial charge in [0.25, 0.3) is 0 Å². The van der Waals surface area contributed by atoms with Gasteiger partial charge in [0, 0.05) is 6.20 Å². The average molecular weight is 322 g/mol. The van der Waals surface area contributed by atoms with E-state index in [1.807, 2.05) is 6.07 Å². The predicted octanol–water partition coefficient (Wildman–Crippen LogP) is 2.86. The fourth-order valence-electron chi connectivity index (χ4n) is 1.79. The summed E-state index contributed by atoms with van der Waals surface area (Å²) >= 11 is 5.87. The van der Waals surface area contributed by atoms with Gasteiger partial charge >= 0.3 is 0 Å². The standard InChI is InChI=1S/C14H12ClN3O2S/c1-10-6-13(14(15)17-8-10)18-21(19,20)9-12-5-3-2-4-11(12)7-16/h2-6,8,18H,9H2,1H3. The van der Waals surface area contributed by atoms with Crippen LogP contribution in [0.25, 0.3) is 0 Å². The van der Waals surface area contributed by atoms with Crippen molar-refractivity contribution in [2.24, 2.45) is 0 Å². The molecule has 1 N–H and O–H groups in total. The van der Waals surface area contributed by atoms with Crippen molar-refractivity contribution in [3.05, 3.63) is 58.4 Å². The molecule has 108 valence electrons. The molecule has 0 aliphatic carbocycles. The molecule has 0 spiro atoms. The first-order chi connectivity index (χ1) is 9.91. The second-order valence-corrected chi connectivity index (χ2v) is 6.56. The molecular weight excluding hydrogens is 310 g/mol. The molecule has 2 rings (SSSR count). The van der Waals surface area contributed by atoms with E-state index in [-0.39, 0.29) is 16.6 Å². The Hall–Kier alpha value is -2.10. The van der Waals surface area contributed by atoms with E-state index in [1.165, 1.54) is 0 Å². The quantitative estimate of drug-likeness (QED) is 0.878. The fraction of sp³-hybridized carbons (Fsp3) is 0.143. The summed E-state index contributed by atoms with van der Waals surface area (Å²) in [5.41, 5.74) is 1.78. The molecule has 0 saturated carbocycles. The van der Waals surface area contributed by atoms with Crippen molar-refractivity contribution < 1.29 is 8.42 Å². The molecule has 1 aromatic carbocycles. The molecule has 21 heavy (non-hydrogen) atoms. The number of rotatable bonds is 4. The van der Waals surface area contributed by atoms with Gasteiger partial charge in [-0.05, 0) is 30.2 Å². The Balaban J connectivity index is 2.27. The first-order valence-electron chi connectivity index (χ1n) is 6.02. The molecule has 2 aromatic rings. The zero-order valence-corrected chi connectivity index (χ0v) is 12.7. The summed E-state index contributed by atoms with van der Waals surface area (Å²) in [6.45, 7) is 1.78. The highest BCUT2D eigenvalue weighted by atomic mass is 35.5. The van der Waals surface area contributed by atoms with Gasteiger partial charge in [-0.3, -0.25) is 4.72 Å². The van der Waals surface area contributed by atoms with E-state index in [9.17, 15) is 8.42 Å². The number of benzene rings is 1. The Labute approximate surface area is 128 Å². The summed E-state index contributed by atoms with van der Waals surface area (Å²) in [5.74, 6) is -0.305. The zero-order chi connectivity index (χ0) is 15.5. The molecule has 0 aliphatic heterocycles. The van der Waals surface area contributed by atoms with Crippen molar-refractivity contribution in [1.82, 2.24) is 4.98 Å². The third-order valence-electron chi connectivity index (χ3n) is 2.72. The highest BCUT2D eigenvalue weighted by Crippen LogP contribution is 2.22. The summed E-state index contributed by atoms with van der Waals surface area (Å²) in [6, 6.07) is 10.1. The van der Waals surface area contributed by atoms with Crippen LogP contribution in [0.15, 0.2) is 36.5 Å². The molecule has 1 aromatic heterocycles. The van der Waals surface area contributed by atoms with Gasteiger partial charge in [-0.1, -0.05) is 29.8 Å². The van der Waals surface area contributed by atoms with Crippen molar-refractivity contribution in [1.29, 1.82) is 5.26 Å². The number of halogens is 1. The number of sulfonamides is 1. The number of hydrogen-bond acceptors (Lipinski definition) is 4. The Morgan fingerprint density at radius 3 is 2.81 bits per heavy atom. The molecule has 5 nitrogen and oxygen atoms in total. The van der Waals surface area contributed by atoms with Crippen LogP contribution in [-0.2, 0) is 15.8 Å². The summed E-state index contributed by atoms with van der Waals surface area (Å²) in [4.78, 5) is 3.89. The zero-order valence-electron chi connectivity index (χ0n) is 11.2. The number of pyridine rings is 1. The van der Waals surface area contributed by atoms with Crippen molar-refractivity contribution in [2.45, 2.75) is 12.7 Å². The largest absolute Gasteiger partial charge is 0.280 e. The van der Waals surface area contributed by atoms with Crippen LogP contribution in [0, 0.1) is 18.3 Å². The van der Waals surface area contributed by atoms with Crippen LogP contribution in [0.5, 0.6) is 0 Å². The maximum absolute atomic E-state index is 12.2. The van der Waals surface area contributed by atoms with Gasteiger partial charge in [0.15, 0.2) is 5.15 Å². The molecule has 0 atom stereocenters. The van der Waals surface area contributed by atoms with E-state index < -0.39 is 10.0 Å². The second-order valence-electron chi connectivity index (χ2n) is 4.48. The van der Waals surface area contributed by atoms with E-state index >= 15 is 0 Å². The monoisotopic (exact) mass is 321 g/mol. The third kappa shape index (κ3) is 3.94. The van der Waals surface area contributed by atoms with Gasteiger partial charge in [0.05, 0.1) is 23.1 Å². The Bertz CT molecular complexity index is 813. The van der Waals surface area contributed by atoms with Gasteiger partial charge in [-0.2, -0.15) is 5.26 Å². The lowest BCUT2D eigenvalue weighted by molar-refractivity contribution is 0.600. The van der Waals surface area contributed by atoms with Gasteiger partial charge < -0.3 is 0 Å². The van der Waals surface area contributed by atoms with Gasteiger partial charge in [-0.25, -0.2) is 13.4 Å². The van der Waals surface area contributed by atoms with Gasteiger partial charge in [-0.15, -0.1) is 0 Å². The molecule has 0 saturated heterocycles. The molecular formula is C14H12ClN3O2S. The fourth-order valence-corrected chi connectivity index (χ4v) is 3.22. The third-order valence-corrected chi connectivity index (χ3v) is 4.25. The molecule has 0 radical (unpaired) electrons. The normalized spacial score (nSPS) is 10.9. The number of nitrogens with zero attached hydrogens (tertiary/aromatic N) is 2. The SMILES string of the molecule is Cc1cnc(Cl)c(NS(=O)(=O)Cc2ccccc2C#N)c1. The maximum Gasteiger partial charge on any atom is 0.237 e. The first-order valence-corrected chi connectivity index (χ1v) is 8.05. The minimum absolute atomic E-state index is 0.0812. The molecule has 1 heterocycles. The van der Waals surface area contributed by atoms with Crippen molar-refractivity contribution in [3.63, 3.8) is 0 Å². The van der Waals surface area contributed by atoms with Crippen molar-refractivity contribution in [3.8, 4) is 6.07 Å². The minimum atomic E-state index is -3.69. The van der Waals surface area contributed by atoms with Crippen LogP contribution in [-0.4, -0.2) is 13.4 Å².